The maximum atomic E-state index is 11.3. The summed E-state index contributed by atoms with van der Waals surface area (Å²) in [5.41, 5.74) is 0.427. The molecule has 1 heterocycles. The molecule has 1 unspecified atom stereocenters. The lowest BCUT2D eigenvalue weighted by atomic mass is 10.3. The summed E-state index contributed by atoms with van der Waals surface area (Å²) >= 11 is 0. The number of carbonyl (C=O) groups excluding carboxylic acids is 1. The Morgan fingerprint density at radius 2 is 2.40 bits per heavy atom. The van der Waals surface area contributed by atoms with Gasteiger partial charge in [-0.25, -0.2) is 9.78 Å². The summed E-state index contributed by atoms with van der Waals surface area (Å²) in [7, 11) is 1.34. The largest absolute Gasteiger partial charge is 0.464 e. The van der Waals surface area contributed by atoms with Crippen LogP contribution in [0.4, 0.5) is 0 Å². The lowest BCUT2D eigenvalue weighted by molar-refractivity contribution is 0.0586. The smallest absolute Gasteiger partial charge is 0.356 e. The molecule has 0 aliphatic carbocycles. The number of esters is 1. The minimum atomic E-state index is -0.402. The third kappa shape index (κ3) is 2.79. The number of rotatable bonds is 4. The maximum Gasteiger partial charge on any atom is 0.356 e. The number of aliphatic hydroxyl groups is 1. The zero-order valence-corrected chi connectivity index (χ0v) is 9.23. The molecule has 0 fully saturated rings. The first-order valence-corrected chi connectivity index (χ1v) is 4.84. The lowest BCUT2D eigenvalue weighted by Gasteiger charge is -2.09. The van der Waals surface area contributed by atoms with Crippen molar-refractivity contribution in [2.24, 2.45) is 0 Å². The number of aliphatic hydroxyl groups excluding tert-OH is 1. The third-order valence-electron chi connectivity index (χ3n) is 2.22. The topological polar surface area (TPSA) is 64.3 Å². The zero-order valence-electron chi connectivity index (χ0n) is 9.23. The number of hydrogen-bond donors (Lipinski definition) is 1. The van der Waals surface area contributed by atoms with E-state index in [4.69, 9.17) is 0 Å². The maximum absolute atomic E-state index is 11.3. The quantitative estimate of drug-likeness (QED) is 0.748. The molecule has 1 N–H and O–H groups in total. The Hall–Kier alpha value is -1.36. The molecule has 0 aromatic carbocycles. The molecule has 0 aliphatic heterocycles. The average Bonchev–Trinajstić information content (AvgIpc) is 2.55. The van der Waals surface area contributed by atoms with Gasteiger partial charge in [0.1, 0.15) is 11.5 Å². The second-order valence-electron chi connectivity index (χ2n) is 3.47. The molecule has 1 atom stereocenters. The number of nitrogens with zero attached hydrogens (tertiary/aromatic N) is 2. The van der Waals surface area contributed by atoms with Crippen LogP contribution in [-0.2, 0) is 11.3 Å². The molecule has 1 aromatic heterocycles. The van der Waals surface area contributed by atoms with Gasteiger partial charge in [0, 0.05) is 6.54 Å². The number of ether oxygens (including phenoxy) is 1. The fourth-order valence-electron chi connectivity index (χ4n) is 1.33. The van der Waals surface area contributed by atoms with Crippen LogP contribution in [0, 0.1) is 6.92 Å². The molecule has 0 bridgehead atoms. The Kier molecular flexibility index (Phi) is 3.85. The van der Waals surface area contributed by atoms with Gasteiger partial charge < -0.3 is 14.4 Å². The van der Waals surface area contributed by atoms with Gasteiger partial charge in [0.25, 0.3) is 0 Å². The van der Waals surface area contributed by atoms with Crippen LogP contribution in [0.1, 0.15) is 29.7 Å². The standard InChI is InChI=1S/C10H16N2O3/c1-7(13)4-5-12-8(2)11-6-9(12)10(14)15-3/h6-7,13H,4-5H2,1-3H3. The van der Waals surface area contributed by atoms with Crippen LogP contribution >= 0.6 is 0 Å². The van der Waals surface area contributed by atoms with Crippen LogP contribution in [0.2, 0.25) is 0 Å². The molecule has 0 amide bonds. The highest BCUT2D eigenvalue weighted by molar-refractivity contribution is 5.87. The zero-order chi connectivity index (χ0) is 11.4. The van der Waals surface area contributed by atoms with Crippen molar-refractivity contribution in [3.05, 3.63) is 17.7 Å². The Labute approximate surface area is 88.7 Å². The highest BCUT2D eigenvalue weighted by Gasteiger charge is 2.14. The molecule has 0 aliphatic rings. The summed E-state index contributed by atoms with van der Waals surface area (Å²) < 4.78 is 6.38. The van der Waals surface area contributed by atoms with Crippen LogP contribution in [0.15, 0.2) is 6.20 Å². The first-order valence-electron chi connectivity index (χ1n) is 4.84. The van der Waals surface area contributed by atoms with Gasteiger partial charge in [0.15, 0.2) is 0 Å². The van der Waals surface area contributed by atoms with Crippen LogP contribution in [0.3, 0.4) is 0 Å². The first kappa shape index (κ1) is 11.7. The molecule has 1 rings (SSSR count). The van der Waals surface area contributed by atoms with Crippen molar-refractivity contribution in [1.82, 2.24) is 9.55 Å². The van der Waals surface area contributed by atoms with Gasteiger partial charge in [0.2, 0.25) is 0 Å². The number of aromatic nitrogens is 2. The van der Waals surface area contributed by atoms with Crippen LogP contribution in [0.5, 0.6) is 0 Å². The van der Waals surface area contributed by atoms with E-state index in [1.54, 1.807) is 11.5 Å². The van der Waals surface area contributed by atoms with E-state index in [0.717, 1.165) is 5.82 Å². The van der Waals surface area contributed by atoms with Gasteiger partial charge in [0.05, 0.1) is 19.4 Å². The average molecular weight is 212 g/mol. The van der Waals surface area contributed by atoms with Crippen molar-refractivity contribution in [2.75, 3.05) is 7.11 Å². The molecule has 0 spiro atoms. The van der Waals surface area contributed by atoms with E-state index in [-0.39, 0.29) is 0 Å². The molecule has 0 radical (unpaired) electrons. The summed E-state index contributed by atoms with van der Waals surface area (Å²) in [6, 6.07) is 0. The number of hydrogen-bond acceptors (Lipinski definition) is 4. The van der Waals surface area contributed by atoms with E-state index in [1.165, 1.54) is 13.3 Å². The third-order valence-corrected chi connectivity index (χ3v) is 2.22. The molecule has 5 nitrogen and oxygen atoms in total. The Morgan fingerprint density at radius 3 is 2.93 bits per heavy atom. The molecular weight excluding hydrogens is 196 g/mol. The fraction of sp³-hybridized carbons (Fsp3) is 0.600. The normalized spacial score (nSPS) is 12.5. The second kappa shape index (κ2) is 4.93. The van der Waals surface area contributed by atoms with Gasteiger partial charge >= 0.3 is 5.97 Å². The number of carbonyl (C=O) groups is 1. The number of methoxy groups -OCH3 is 1. The predicted octanol–water partition coefficient (Wildman–Crippen LogP) is 0.749. The summed E-state index contributed by atoms with van der Waals surface area (Å²) in [6.45, 7) is 4.09. The van der Waals surface area contributed by atoms with Crippen molar-refractivity contribution in [1.29, 1.82) is 0 Å². The molecule has 1 aromatic rings. The minimum Gasteiger partial charge on any atom is -0.464 e. The van der Waals surface area contributed by atoms with Gasteiger partial charge in [-0.05, 0) is 20.3 Å². The molecule has 15 heavy (non-hydrogen) atoms. The fourth-order valence-corrected chi connectivity index (χ4v) is 1.33. The Balaban J connectivity index is 2.84. The molecule has 84 valence electrons. The monoisotopic (exact) mass is 212 g/mol. The summed E-state index contributed by atoms with van der Waals surface area (Å²) in [6.07, 6.45) is 1.68. The summed E-state index contributed by atoms with van der Waals surface area (Å²) in [4.78, 5) is 15.4. The van der Waals surface area contributed by atoms with E-state index in [2.05, 4.69) is 9.72 Å². The van der Waals surface area contributed by atoms with Gasteiger partial charge in [-0.3, -0.25) is 0 Å². The predicted molar refractivity (Wildman–Crippen MR) is 54.6 cm³/mol. The van der Waals surface area contributed by atoms with E-state index in [0.29, 0.717) is 18.7 Å². The van der Waals surface area contributed by atoms with E-state index in [9.17, 15) is 9.90 Å². The van der Waals surface area contributed by atoms with Crippen molar-refractivity contribution < 1.29 is 14.6 Å². The van der Waals surface area contributed by atoms with Gasteiger partial charge in [-0.1, -0.05) is 0 Å². The molecule has 0 saturated heterocycles. The molecule has 5 heteroatoms. The van der Waals surface area contributed by atoms with Crippen molar-refractivity contribution in [3.8, 4) is 0 Å². The number of imidazole rings is 1. The van der Waals surface area contributed by atoms with E-state index in [1.807, 2.05) is 6.92 Å². The van der Waals surface area contributed by atoms with Gasteiger partial charge in [-0.15, -0.1) is 0 Å². The SMILES string of the molecule is COC(=O)c1cnc(C)n1CCC(C)O. The molecular formula is C10H16N2O3. The Bertz CT molecular complexity index is 344. The van der Waals surface area contributed by atoms with Crippen molar-refractivity contribution in [3.63, 3.8) is 0 Å². The Morgan fingerprint density at radius 1 is 1.73 bits per heavy atom. The number of aryl methyl sites for hydroxylation is 1. The van der Waals surface area contributed by atoms with E-state index >= 15 is 0 Å². The molecule has 0 saturated carbocycles. The minimum absolute atomic E-state index is 0.391. The lowest BCUT2D eigenvalue weighted by Crippen LogP contribution is -2.14. The van der Waals surface area contributed by atoms with Crippen LogP contribution in [0.25, 0.3) is 0 Å². The summed E-state index contributed by atoms with van der Waals surface area (Å²) in [5, 5.41) is 9.18. The van der Waals surface area contributed by atoms with E-state index < -0.39 is 12.1 Å². The highest BCUT2D eigenvalue weighted by Crippen LogP contribution is 2.08. The van der Waals surface area contributed by atoms with Crippen LogP contribution < -0.4 is 0 Å². The first-order chi connectivity index (χ1) is 7.06. The highest BCUT2D eigenvalue weighted by atomic mass is 16.5. The summed E-state index contributed by atoms with van der Waals surface area (Å²) in [5.74, 6) is 0.345. The second-order valence-corrected chi connectivity index (χ2v) is 3.47. The van der Waals surface area contributed by atoms with Gasteiger partial charge in [-0.2, -0.15) is 0 Å². The van der Waals surface area contributed by atoms with Crippen LogP contribution in [-0.4, -0.2) is 33.8 Å². The van der Waals surface area contributed by atoms with Crippen molar-refractivity contribution >= 4 is 5.97 Å². The van der Waals surface area contributed by atoms with Crippen molar-refractivity contribution in [2.45, 2.75) is 32.9 Å².